The molecule has 2 heterocycles. The molecule has 1 aliphatic rings. The summed E-state index contributed by atoms with van der Waals surface area (Å²) in [5, 5.41) is 1.94. The van der Waals surface area contributed by atoms with Gasteiger partial charge in [-0.05, 0) is 42.7 Å². The zero-order valence-electron chi connectivity index (χ0n) is 16.9. The van der Waals surface area contributed by atoms with E-state index in [-0.39, 0.29) is 30.0 Å². The van der Waals surface area contributed by atoms with Gasteiger partial charge in [-0.15, -0.1) is 0 Å². The first-order chi connectivity index (χ1) is 15.2. The van der Waals surface area contributed by atoms with E-state index >= 15 is 0 Å². The van der Waals surface area contributed by atoms with E-state index in [0.29, 0.717) is 24.0 Å². The molecule has 2 unspecified atom stereocenters. The fourth-order valence-electron chi connectivity index (χ4n) is 4.08. The van der Waals surface area contributed by atoms with Crippen molar-refractivity contribution in [1.82, 2.24) is 10.3 Å². The molecule has 0 aliphatic heterocycles. The van der Waals surface area contributed by atoms with Gasteiger partial charge in [0.2, 0.25) is 0 Å². The number of carbonyl (C=O) groups excluding carboxylic acids is 1. The minimum Gasteiger partial charge on any atom is -0.449 e. The number of amides is 1. The van der Waals surface area contributed by atoms with Gasteiger partial charge in [-0.1, -0.05) is 25.0 Å². The van der Waals surface area contributed by atoms with E-state index in [1.54, 1.807) is 18.3 Å². The lowest BCUT2D eigenvalue weighted by Gasteiger charge is -2.32. The van der Waals surface area contributed by atoms with Crippen molar-refractivity contribution in [1.29, 1.82) is 0 Å². The molecule has 32 heavy (non-hydrogen) atoms. The largest absolute Gasteiger partial charge is 0.449 e. The lowest BCUT2D eigenvalue weighted by Crippen LogP contribution is -2.41. The number of sulfone groups is 1. The minimum absolute atomic E-state index is 0.00264. The number of alkyl halides is 3. The number of fused-ring (bicyclic) bond motifs is 1. The van der Waals surface area contributed by atoms with Crippen molar-refractivity contribution in [3.63, 3.8) is 0 Å². The molecule has 0 radical (unpaired) electrons. The molecular formula is C22H21F3N2O4S. The highest BCUT2D eigenvalue weighted by Gasteiger charge is 2.50. The summed E-state index contributed by atoms with van der Waals surface area (Å²) in [7, 11) is -4.13. The molecule has 6 nitrogen and oxygen atoms in total. The van der Waals surface area contributed by atoms with Gasteiger partial charge in [0, 0.05) is 18.1 Å². The Balaban J connectivity index is 1.44. The van der Waals surface area contributed by atoms with Crippen LogP contribution < -0.4 is 5.32 Å². The zero-order valence-corrected chi connectivity index (χ0v) is 17.7. The third-order valence-corrected chi connectivity index (χ3v) is 8.06. The third kappa shape index (κ3) is 4.50. The van der Waals surface area contributed by atoms with E-state index in [9.17, 15) is 26.4 Å². The smallest absolute Gasteiger partial charge is 0.393 e. The van der Waals surface area contributed by atoms with Gasteiger partial charge in [0.15, 0.2) is 21.2 Å². The van der Waals surface area contributed by atoms with Crippen LogP contribution in [-0.4, -0.2) is 30.7 Å². The number of hydrogen-bond acceptors (Lipinski definition) is 5. The molecule has 1 N–H and O–H groups in total. The van der Waals surface area contributed by atoms with Gasteiger partial charge in [0.1, 0.15) is 0 Å². The maximum atomic E-state index is 13.4. The highest BCUT2D eigenvalue weighted by Crippen LogP contribution is 2.42. The third-order valence-electron chi connectivity index (χ3n) is 5.77. The van der Waals surface area contributed by atoms with Crippen LogP contribution in [0.25, 0.3) is 11.0 Å². The molecular weight excluding hydrogens is 445 g/mol. The number of nitrogens with zero attached hydrogens (tertiary/aromatic N) is 1. The lowest BCUT2D eigenvalue weighted by molar-refractivity contribution is -0.180. The summed E-state index contributed by atoms with van der Waals surface area (Å²) >= 11 is 0. The molecule has 1 amide bonds. The van der Waals surface area contributed by atoms with E-state index in [2.05, 4.69) is 10.3 Å². The maximum Gasteiger partial charge on any atom is 0.393 e. The number of pyridine rings is 1. The number of hydrogen-bond donors (Lipinski definition) is 1. The summed E-state index contributed by atoms with van der Waals surface area (Å²) in [6.45, 7) is 0.100. The molecule has 170 valence electrons. The number of nitrogens with one attached hydrogen (secondary N) is 1. The van der Waals surface area contributed by atoms with E-state index in [4.69, 9.17) is 4.42 Å². The van der Waals surface area contributed by atoms with Crippen molar-refractivity contribution < 1.29 is 30.8 Å². The van der Waals surface area contributed by atoms with Crippen LogP contribution >= 0.6 is 0 Å². The van der Waals surface area contributed by atoms with E-state index in [1.807, 2.05) is 0 Å². The predicted molar refractivity (Wildman–Crippen MR) is 111 cm³/mol. The Morgan fingerprint density at radius 1 is 1.12 bits per heavy atom. The first-order valence-corrected chi connectivity index (χ1v) is 11.7. The fraction of sp³-hybridized carbons (Fsp3) is 0.364. The summed E-state index contributed by atoms with van der Waals surface area (Å²) in [6.07, 6.45) is -0.808. The van der Waals surface area contributed by atoms with Crippen molar-refractivity contribution in [3.05, 3.63) is 60.1 Å². The molecule has 10 heteroatoms. The Bertz CT molecular complexity index is 1190. The Morgan fingerprint density at radius 3 is 2.53 bits per heavy atom. The van der Waals surface area contributed by atoms with Crippen LogP contribution in [0.1, 0.15) is 41.8 Å². The number of furan rings is 1. The Morgan fingerprint density at radius 2 is 1.84 bits per heavy atom. The molecule has 2 atom stereocenters. The van der Waals surface area contributed by atoms with Gasteiger partial charge < -0.3 is 9.73 Å². The summed E-state index contributed by atoms with van der Waals surface area (Å²) in [5.41, 5.74) is 1.08. The first kappa shape index (κ1) is 22.3. The van der Waals surface area contributed by atoms with Crippen LogP contribution in [0, 0.1) is 5.92 Å². The Labute approximate surface area is 182 Å². The van der Waals surface area contributed by atoms with Gasteiger partial charge in [0.05, 0.1) is 22.3 Å². The highest BCUT2D eigenvalue weighted by atomic mass is 32.2. The lowest BCUT2D eigenvalue weighted by atomic mass is 9.88. The summed E-state index contributed by atoms with van der Waals surface area (Å²) in [5.74, 6) is -2.19. The topological polar surface area (TPSA) is 89.3 Å². The minimum atomic E-state index is -4.55. The Kier molecular flexibility index (Phi) is 5.98. The zero-order chi connectivity index (χ0) is 22.9. The summed E-state index contributed by atoms with van der Waals surface area (Å²) in [6, 6.07) is 8.87. The van der Waals surface area contributed by atoms with Crippen LogP contribution in [0.2, 0.25) is 0 Å². The van der Waals surface area contributed by atoms with Crippen LogP contribution in [0.4, 0.5) is 13.2 Å². The number of rotatable bonds is 5. The molecule has 1 aliphatic carbocycles. The molecule has 4 rings (SSSR count). The molecule has 1 aromatic carbocycles. The fourth-order valence-corrected chi connectivity index (χ4v) is 6.15. The van der Waals surface area contributed by atoms with Crippen LogP contribution in [0.15, 0.2) is 58.1 Å². The van der Waals surface area contributed by atoms with Crippen LogP contribution in [-0.2, 0) is 16.4 Å². The highest BCUT2D eigenvalue weighted by molar-refractivity contribution is 7.92. The van der Waals surface area contributed by atoms with Crippen molar-refractivity contribution in [2.75, 3.05) is 0 Å². The molecule has 2 aromatic heterocycles. The summed E-state index contributed by atoms with van der Waals surface area (Å²) < 4.78 is 71.4. The van der Waals surface area contributed by atoms with E-state index < -0.39 is 33.1 Å². The molecule has 3 aromatic rings. The summed E-state index contributed by atoms with van der Waals surface area (Å²) in [4.78, 5) is 16.1. The van der Waals surface area contributed by atoms with Crippen molar-refractivity contribution in [3.8, 4) is 0 Å². The van der Waals surface area contributed by atoms with Crippen LogP contribution in [0.5, 0.6) is 0 Å². The normalized spacial score (nSPS) is 19.7. The average Bonchev–Trinajstić information content (AvgIpc) is 3.22. The number of benzene rings is 1. The second-order valence-corrected chi connectivity index (χ2v) is 10.0. The van der Waals surface area contributed by atoms with Crippen molar-refractivity contribution in [2.24, 2.45) is 5.92 Å². The number of halogens is 3. The number of aromatic nitrogens is 1. The predicted octanol–water partition coefficient (Wildman–Crippen LogP) is 4.65. The van der Waals surface area contributed by atoms with Crippen LogP contribution in [0.3, 0.4) is 0 Å². The van der Waals surface area contributed by atoms with Gasteiger partial charge in [-0.3, -0.25) is 9.78 Å². The van der Waals surface area contributed by atoms with Crippen molar-refractivity contribution in [2.45, 2.75) is 48.5 Å². The van der Waals surface area contributed by atoms with Gasteiger partial charge in [-0.25, -0.2) is 8.42 Å². The van der Waals surface area contributed by atoms with E-state index in [0.717, 1.165) is 5.39 Å². The second kappa shape index (κ2) is 8.57. The monoisotopic (exact) mass is 466 g/mol. The Hall–Kier alpha value is -2.88. The quantitative estimate of drug-likeness (QED) is 0.591. The SMILES string of the molecule is O=C(NCc1ccc(S(=O)(=O)C2CCCCC2C(F)(F)F)cc1)c1cc2ccncc2o1. The van der Waals surface area contributed by atoms with Crippen molar-refractivity contribution >= 4 is 26.7 Å². The standard InChI is InChI=1S/C22H21F3N2O4S/c23-22(24,25)17-3-1-2-4-20(17)32(29,30)16-7-5-14(6-8-16)12-27-21(28)18-11-15-9-10-26-13-19(15)31-18/h5-11,13,17,20H,1-4,12H2,(H,27,28). The first-order valence-electron chi connectivity index (χ1n) is 10.2. The molecule has 0 saturated heterocycles. The van der Waals surface area contributed by atoms with E-state index in [1.165, 1.54) is 30.5 Å². The maximum absolute atomic E-state index is 13.4. The average molecular weight is 466 g/mol. The second-order valence-electron chi connectivity index (χ2n) is 7.87. The molecule has 1 saturated carbocycles. The van der Waals surface area contributed by atoms with Gasteiger partial charge >= 0.3 is 6.18 Å². The molecule has 0 spiro atoms. The molecule has 1 fully saturated rings. The number of carbonyl (C=O) groups is 1. The van der Waals surface area contributed by atoms with Gasteiger partial charge in [0.25, 0.3) is 5.91 Å². The molecule has 0 bridgehead atoms. The van der Waals surface area contributed by atoms with Gasteiger partial charge in [-0.2, -0.15) is 13.2 Å².